The van der Waals surface area contributed by atoms with E-state index in [1.807, 2.05) is 38.1 Å². The van der Waals surface area contributed by atoms with Crippen LogP contribution in [0.5, 0.6) is 5.75 Å². The average Bonchev–Trinajstić information content (AvgIpc) is 2.70. The third-order valence-electron chi connectivity index (χ3n) is 5.37. The molecule has 29 heavy (non-hydrogen) atoms. The smallest absolute Gasteiger partial charge is 0.171 e. The summed E-state index contributed by atoms with van der Waals surface area (Å²) in [4.78, 5) is 2.49. The highest BCUT2D eigenvalue weighted by Crippen LogP contribution is 2.25. The SMILES string of the molecule is CC1CCN(c2ccc([C@@H](C)NC(=S)Nc3ccc(OC(C)C)cc3)cc2)CC1. The van der Waals surface area contributed by atoms with E-state index in [0.717, 1.165) is 30.4 Å². The Labute approximate surface area is 180 Å². The van der Waals surface area contributed by atoms with E-state index >= 15 is 0 Å². The van der Waals surface area contributed by atoms with Gasteiger partial charge in [-0.05, 0) is 93.7 Å². The van der Waals surface area contributed by atoms with Gasteiger partial charge >= 0.3 is 0 Å². The Hall–Kier alpha value is -2.27. The van der Waals surface area contributed by atoms with Crippen LogP contribution >= 0.6 is 12.2 Å². The minimum Gasteiger partial charge on any atom is -0.491 e. The molecule has 1 atom stereocenters. The lowest BCUT2D eigenvalue weighted by molar-refractivity contribution is 0.242. The minimum atomic E-state index is 0.133. The summed E-state index contributed by atoms with van der Waals surface area (Å²) in [5.74, 6) is 1.71. The summed E-state index contributed by atoms with van der Waals surface area (Å²) in [5, 5.41) is 7.23. The van der Waals surface area contributed by atoms with Crippen LogP contribution in [0.3, 0.4) is 0 Å². The number of hydrogen-bond donors (Lipinski definition) is 2. The molecule has 2 aromatic carbocycles. The summed E-state index contributed by atoms with van der Waals surface area (Å²) < 4.78 is 5.68. The highest BCUT2D eigenvalue weighted by atomic mass is 32.1. The van der Waals surface area contributed by atoms with Gasteiger partial charge in [-0.25, -0.2) is 0 Å². The van der Waals surface area contributed by atoms with Crippen molar-refractivity contribution in [2.24, 2.45) is 5.92 Å². The first-order chi connectivity index (χ1) is 13.9. The number of hydrogen-bond acceptors (Lipinski definition) is 3. The zero-order valence-corrected chi connectivity index (χ0v) is 18.8. The van der Waals surface area contributed by atoms with Gasteiger partial charge in [-0.3, -0.25) is 0 Å². The van der Waals surface area contributed by atoms with Crippen LogP contribution in [0, 0.1) is 5.92 Å². The molecule has 1 fully saturated rings. The Balaban J connectivity index is 1.51. The number of nitrogens with zero attached hydrogens (tertiary/aromatic N) is 1. The quantitative estimate of drug-likeness (QED) is 0.591. The van der Waals surface area contributed by atoms with Gasteiger partial charge in [0.25, 0.3) is 0 Å². The molecular formula is C24H33N3OS. The Morgan fingerprint density at radius 1 is 1.00 bits per heavy atom. The van der Waals surface area contributed by atoms with Crippen LogP contribution in [0.15, 0.2) is 48.5 Å². The van der Waals surface area contributed by atoms with Crippen LogP contribution in [-0.2, 0) is 0 Å². The zero-order chi connectivity index (χ0) is 20.8. The van der Waals surface area contributed by atoms with Crippen molar-refractivity contribution in [1.82, 2.24) is 5.32 Å². The molecule has 1 aliphatic rings. The van der Waals surface area contributed by atoms with Gasteiger partial charge < -0.3 is 20.3 Å². The van der Waals surface area contributed by atoms with E-state index in [1.165, 1.54) is 24.1 Å². The first kappa shape index (κ1) is 21.4. The summed E-state index contributed by atoms with van der Waals surface area (Å²) in [7, 11) is 0. The van der Waals surface area contributed by atoms with Crippen LogP contribution in [0.25, 0.3) is 0 Å². The Morgan fingerprint density at radius 2 is 1.62 bits per heavy atom. The molecule has 2 aromatic rings. The minimum absolute atomic E-state index is 0.133. The topological polar surface area (TPSA) is 36.5 Å². The van der Waals surface area contributed by atoms with Crippen LogP contribution in [-0.4, -0.2) is 24.3 Å². The fraction of sp³-hybridized carbons (Fsp3) is 0.458. The average molecular weight is 412 g/mol. The van der Waals surface area contributed by atoms with E-state index in [9.17, 15) is 0 Å². The summed E-state index contributed by atoms with van der Waals surface area (Å²) in [6.45, 7) is 10.8. The molecule has 1 heterocycles. The maximum Gasteiger partial charge on any atom is 0.171 e. The van der Waals surface area contributed by atoms with Crippen molar-refractivity contribution in [3.8, 4) is 5.75 Å². The molecule has 0 bridgehead atoms. The fourth-order valence-electron chi connectivity index (χ4n) is 3.58. The molecule has 5 heteroatoms. The van der Waals surface area contributed by atoms with Gasteiger partial charge in [0.2, 0.25) is 0 Å². The largest absolute Gasteiger partial charge is 0.491 e. The van der Waals surface area contributed by atoms with Gasteiger partial charge in [-0.2, -0.15) is 0 Å². The molecule has 156 valence electrons. The Morgan fingerprint density at radius 3 is 2.21 bits per heavy atom. The molecule has 0 aromatic heterocycles. The van der Waals surface area contributed by atoms with Gasteiger partial charge in [-0.1, -0.05) is 19.1 Å². The molecule has 0 amide bonds. The molecule has 0 saturated carbocycles. The monoisotopic (exact) mass is 411 g/mol. The summed E-state index contributed by atoms with van der Waals surface area (Å²) in [5.41, 5.74) is 3.49. The van der Waals surface area contributed by atoms with Crippen LogP contribution in [0.4, 0.5) is 11.4 Å². The zero-order valence-electron chi connectivity index (χ0n) is 17.9. The Kier molecular flexibility index (Phi) is 7.37. The van der Waals surface area contributed by atoms with E-state index < -0.39 is 0 Å². The third-order valence-corrected chi connectivity index (χ3v) is 5.59. The van der Waals surface area contributed by atoms with Crippen molar-refractivity contribution in [3.63, 3.8) is 0 Å². The number of ether oxygens (including phenoxy) is 1. The van der Waals surface area contributed by atoms with Gasteiger partial charge in [0.05, 0.1) is 12.1 Å². The number of nitrogens with one attached hydrogen (secondary N) is 2. The van der Waals surface area contributed by atoms with Crippen molar-refractivity contribution in [2.45, 2.75) is 52.7 Å². The van der Waals surface area contributed by atoms with Gasteiger partial charge in [0, 0.05) is 24.5 Å². The highest BCUT2D eigenvalue weighted by Gasteiger charge is 2.16. The number of anilines is 2. The molecule has 0 unspecified atom stereocenters. The summed E-state index contributed by atoms with van der Waals surface area (Å²) in [6.07, 6.45) is 2.73. The fourth-order valence-corrected chi connectivity index (χ4v) is 3.87. The lowest BCUT2D eigenvalue weighted by Gasteiger charge is -2.32. The Bertz CT molecular complexity index is 781. The van der Waals surface area contributed by atoms with Crippen molar-refractivity contribution < 1.29 is 4.74 Å². The second kappa shape index (κ2) is 9.97. The number of piperidine rings is 1. The highest BCUT2D eigenvalue weighted by molar-refractivity contribution is 7.80. The molecule has 1 saturated heterocycles. The van der Waals surface area contributed by atoms with Crippen molar-refractivity contribution in [2.75, 3.05) is 23.3 Å². The number of rotatable bonds is 6. The van der Waals surface area contributed by atoms with Gasteiger partial charge in [-0.15, -0.1) is 0 Å². The van der Waals surface area contributed by atoms with Crippen LogP contribution in [0.2, 0.25) is 0 Å². The molecule has 3 rings (SSSR count). The second-order valence-electron chi connectivity index (χ2n) is 8.27. The predicted octanol–water partition coefficient (Wildman–Crippen LogP) is 5.76. The normalized spacial score (nSPS) is 15.8. The van der Waals surface area contributed by atoms with E-state index in [1.54, 1.807) is 0 Å². The summed E-state index contributed by atoms with van der Waals surface area (Å²) in [6, 6.07) is 16.9. The van der Waals surface area contributed by atoms with Crippen molar-refractivity contribution in [1.29, 1.82) is 0 Å². The second-order valence-corrected chi connectivity index (χ2v) is 8.68. The van der Waals surface area contributed by atoms with E-state index in [2.05, 4.69) is 53.6 Å². The first-order valence-electron chi connectivity index (χ1n) is 10.6. The first-order valence-corrected chi connectivity index (χ1v) is 11.0. The van der Waals surface area contributed by atoms with Crippen LogP contribution < -0.4 is 20.3 Å². The molecule has 0 spiro atoms. The predicted molar refractivity (Wildman–Crippen MR) is 127 cm³/mol. The molecule has 1 aliphatic heterocycles. The molecular weight excluding hydrogens is 378 g/mol. The maximum atomic E-state index is 5.68. The van der Waals surface area contributed by atoms with E-state index in [4.69, 9.17) is 17.0 Å². The van der Waals surface area contributed by atoms with E-state index in [-0.39, 0.29) is 12.1 Å². The standard InChI is InChI=1S/C24H33N3OS/c1-17(2)28-23-11-7-21(8-12-23)26-24(29)25-19(4)20-5-9-22(10-6-20)27-15-13-18(3)14-16-27/h5-12,17-19H,13-16H2,1-4H3,(H2,25,26,29)/t19-/m1/s1. The molecule has 4 nitrogen and oxygen atoms in total. The maximum absolute atomic E-state index is 5.68. The van der Waals surface area contributed by atoms with Crippen molar-refractivity contribution >= 4 is 28.7 Å². The molecule has 0 aliphatic carbocycles. The van der Waals surface area contributed by atoms with E-state index in [0.29, 0.717) is 5.11 Å². The number of thiocarbonyl (C=S) groups is 1. The molecule has 0 radical (unpaired) electrons. The van der Waals surface area contributed by atoms with Crippen LogP contribution in [0.1, 0.15) is 52.1 Å². The third kappa shape index (κ3) is 6.36. The summed E-state index contributed by atoms with van der Waals surface area (Å²) >= 11 is 5.49. The van der Waals surface area contributed by atoms with Gasteiger partial charge in [0.1, 0.15) is 5.75 Å². The molecule has 2 N–H and O–H groups in total. The number of benzene rings is 2. The van der Waals surface area contributed by atoms with Crippen molar-refractivity contribution in [3.05, 3.63) is 54.1 Å². The lowest BCUT2D eigenvalue weighted by atomic mass is 9.98. The van der Waals surface area contributed by atoms with Gasteiger partial charge in [0.15, 0.2) is 5.11 Å². The lowest BCUT2D eigenvalue weighted by Crippen LogP contribution is -2.33.